The lowest BCUT2D eigenvalue weighted by molar-refractivity contribution is -0.121. The Balaban J connectivity index is 2.03. The van der Waals surface area contributed by atoms with Crippen molar-refractivity contribution in [3.05, 3.63) is 29.8 Å². The summed E-state index contributed by atoms with van der Waals surface area (Å²) in [6, 6.07) is 6.52. The fraction of sp³-hybridized carbons (Fsp3) is 0.286. The van der Waals surface area contributed by atoms with Gasteiger partial charge in [0.1, 0.15) is 5.25 Å². The van der Waals surface area contributed by atoms with Crippen molar-refractivity contribution in [1.29, 1.82) is 0 Å². The number of benzene rings is 1. The highest BCUT2D eigenvalue weighted by Crippen LogP contribution is 2.24. The van der Waals surface area contributed by atoms with Crippen LogP contribution < -0.4 is 11.1 Å². The number of hydrogen-bond acceptors (Lipinski definition) is 6. The molecule has 0 aromatic heterocycles. The minimum absolute atomic E-state index is 0.0646. The standard InChI is InChI=1S/C14H15N3O4S/c1-2-21-13(20)8-5-3-4-6-9(8)16-11(18)7-10-12(19)17-14(15)22-10/h3-6,10H,2,7H2,1H3,(H,16,18)(H2,15,17,19)/t10-/m0/s1. The van der Waals surface area contributed by atoms with Crippen molar-refractivity contribution < 1.29 is 19.1 Å². The van der Waals surface area contributed by atoms with Crippen LogP contribution in [0.4, 0.5) is 5.69 Å². The minimum Gasteiger partial charge on any atom is -0.462 e. The number of aliphatic imine (C=N–C) groups is 1. The van der Waals surface area contributed by atoms with E-state index in [-0.39, 0.29) is 23.8 Å². The smallest absolute Gasteiger partial charge is 0.340 e. The first kappa shape index (κ1) is 16.0. The molecule has 1 aromatic rings. The summed E-state index contributed by atoms with van der Waals surface area (Å²) < 4.78 is 4.93. The van der Waals surface area contributed by atoms with Crippen molar-refractivity contribution in [3.63, 3.8) is 0 Å². The molecule has 0 unspecified atom stereocenters. The average molecular weight is 321 g/mol. The molecule has 0 aliphatic carbocycles. The van der Waals surface area contributed by atoms with Crippen LogP contribution >= 0.6 is 11.8 Å². The Labute approximate surface area is 131 Å². The number of amidine groups is 1. The quantitative estimate of drug-likeness (QED) is 0.787. The van der Waals surface area contributed by atoms with Crippen LogP contribution in [0.2, 0.25) is 0 Å². The first-order chi connectivity index (χ1) is 10.5. The molecule has 116 valence electrons. The number of anilines is 1. The van der Waals surface area contributed by atoms with Gasteiger partial charge >= 0.3 is 5.97 Å². The summed E-state index contributed by atoms with van der Waals surface area (Å²) in [7, 11) is 0. The van der Waals surface area contributed by atoms with Crippen molar-refractivity contribution in [3.8, 4) is 0 Å². The number of nitrogens with two attached hydrogens (primary N) is 1. The molecule has 1 aliphatic rings. The Morgan fingerprint density at radius 1 is 1.41 bits per heavy atom. The number of hydrogen-bond donors (Lipinski definition) is 2. The van der Waals surface area contributed by atoms with Crippen molar-refractivity contribution in [2.24, 2.45) is 10.7 Å². The van der Waals surface area contributed by atoms with E-state index < -0.39 is 23.0 Å². The summed E-state index contributed by atoms with van der Waals surface area (Å²) in [5, 5.41) is 2.16. The third kappa shape index (κ3) is 3.85. The van der Waals surface area contributed by atoms with Crippen LogP contribution in [0, 0.1) is 0 Å². The summed E-state index contributed by atoms with van der Waals surface area (Å²) >= 11 is 1.06. The van der Waals surface area contributed by atoms with Gasteiger partial charge in [0.05, 0.1) is 17.9 Å². The molecular weight excluding hydrogens is 306 g/mol. The molecule has 0 radical (unpaired) electrons. The number of esters is 1. The van der Waals surface area contributed by atoms with Gasteiger partial charge in [-0.2, -0.15) is 4.99 Å². The molecule has 0 bridgehead atoms. The van der Waals surface area contributed by atoms with Gasteiger partial charge in [0.25, 0.3) is 5.91 Å². The van der Waals surface area contributed by atoms with Crippen LogP contribution in [0.25, 0.3) is 0 Å². The first-order valence-corrected chi connectivity index (χ1v) is 7.50. The molecule has 0 spiro atoms. The van der Waals surface area contributed by atoms with E-state index in [0.717, 1.165) is 11.8 Å². The summed E-state index contributed by atoms with van der Waals surface area (Å²) in [6.45, 7) is 1.94. The van der Waals surface area contributed by atoms with Crippen LogP contribution in [-0.2, 0) is 14.3 Å². The molecule has 8 heteroatoms. The molecule has 0 fully saturated rings. The van der Waals surface area contributed by atoms with E-state index in [4.69, 9.17) is 10.5 Å². The lowest BCUT2D eigenvalue weighted by atomic mass is 10.1. The van der Waals surface area contributed by atoms with Crippen LogP contribution in [0.15, 0.2) is 29.3 Å². The maximum Gasteiger partial charge on any atom is 0.340 e. The summed E-state index contributed by atoms with van der Waals surface area (Å²) in [5.41, 5.74) is 6.05. The van der Waals surface area contributed by atoms with E-state index in [0.29, 0.717) is 5.69 Å². The highest BCUT2D eigenvalue weighted by atomic mass is 32.2. The third-order valence-corrected chi connectivity index (χ3v) is 3.81. The summed E-state index contributed by atoms with van der Waals surface area (Å²) in [4.78, 5) is 38.9. The maximum absolute atomic E-state index is 12.0. The number of amides is 2. The number of thioether (sulfide) groups is 1. The Morgan fingerprint density at radius 3 is 2.77 bits per heavy atom. The lowest BCUT2D eigenvalue weighted by Gasteiger charge is -2.11. The predicted octanol–water partition coefficient (Wildman–Crippen LogP) is 1.15. The Kier molecular flexibility index (Phi) is 5.16. The van der Waals surface area contributed by atoms with Gasteiger partial charge in [-0.3, -0.25) is 9.59 Å². The fourth-order valence-corrected chi connectivity index (χ4v) is 2.70. The molecular formula is C14H15N3O4S. The van der Waals surface area contributed by atoms with Crippen LogP contribution in [0.1, 0.15) is 23.7 Å². The van der Waals surface area contributed by atoms with Gasteiger partial charge in [0, 0.05) is 6.42 Å². The van der Waals surface area contributed by atoms with E-state index in [2.05, 4.69) is 10.3 Å². The van der Waals surface area contributed by atoms with E-state index in [1.165, 1.54) is 0 Å². The SMILES string of the molecule is CCOC(=O)c1ccccc1NC(=O)C[C@@H]1SC(N)=NC1=O. The number of nitrogens with one attached hydrogen (secondary N) is 1. The molecule has 0 saturated carbocycles. The van der Waals surface area contributed by atoms with Crippen LogP contribution in [-0.4, -0.2) is 34.8 Å². The van der Waals surface area contributed by atoms with E-state index in [1.807, 2.05) is 0 Å². The van der Waals surface area contributed by atoms with Crippen molar-refractivity contribution in [2.75, 3.05) is 11.9 Å². The molecule has 1 atom stereocenters. The van der Waals surface area contributed by atoms with Crippen LogP contribution in [0.3, 0.4) is 0 Å². The van der Waals surface area contributed by atoms with E-state index >= 15 is 0 Å². The zero-order valence-corrected chi connectivity index (χ0v) is 12.7. The Hall–Kier alpha value is -2.35. The minimum atomic E-state index is -0.616. The van der Waals surface area contributed by atoms with Gasteiger partial charge in [-0.1, -0.05) is 23.9 Å². The predicted molar refractivity (Wildman–Crippen MR) is 83.7 cm³/mol. The van der Waals surface area contributed by atoms with Crippen molar-refractivity contribution >= 4 is 40.4 Å². The number of carbonyl (C=O) groups excluding carboxylic acids is 3. The molecule has 2 rings (SSSR count). The number of carbonyl (C=O) groups is 3. The van der Waals surface area contributed by atoms with Crippen molar-refractivity contribution in [2.45, 2.75) is 18.6 Å². The molecule has 22 heavy (non-hydrogen) atoms. The largest absolute Gasteiger partial charge is 0.462 e. The van der Waals surface area contributed by atoms with Gasteiger partial charge in [-0.15, -0.1) is 0 Å². The molecule has 7 nitrogen and oxygen atoms in total. The second kappa shape index (κ2) is 7.08. The zero-order valence-electron chi connectivity index (χ0n) is 11.9. The molecule has 3 N–H and O–H groups in total. The summed E-state index contributed by atoms with van der Waals surface area (Å²) in [5.74, 6) is -1.33. The number of rotatable bonds is 5. The van der Waals surface area contributed by atoms with E-state index in [1.54, 1.807) is 31.2 Å². The Bertz CT molecular complexity index is 645. The normalized spacial score (nSPS) is 17.0. The first-order valence-electron chi connectivity index (χ1n) is 6.62. The highest BCUT2D eigenvalue weighted by Gasteiger charge is 2.29. The van der Waals surface area contributed by atoms with Crippen LogP contribution in [0.5, 0.6) is 0 Å². The fourth-order valence-electron chi connectivity index (χ4n) is 1.88. The highest BCUT2D eigenvalue weighted by molar-refractivity contribution is 8.15. The van der Waals surface area contributed by atoms with Gasteiger partial charge in [0.15, 0.2) is 5.17 Å². The number of ether oxygens (including phenoxy) is 1. The average Bonchev–Trinajstić information content (AvgIpc) is 2.77. The lowest BCUT2D eigenvalue weighted by Crippen LogP contribution is -2.22. The second-order valence-electron chi connectivity index (χ2n) is 4.41. The van der Waals surface area contributed by atoms with Gasteiger partial charge in [0.2, 0.25) is 5.91 Å². The third-order valence-electron chi connectivity index (χ3n) is 2.83. The van der Waals surface area contributed by atoms with Gasteiger partial charge in [-0.05, 0) is 19.1 Å². The molecule has 1 aliphatic heterocycles. The monoisotopic (exact) mass is 321 g/mol. The zero-order chi connectivity index (χ0) is 16.1. The van der Waals surface area contributed by atoms with Gasteiger partial charge < -0.3 is 15.8 Å². The maximum atomic E-state index is 12.0. The molecule has 1 heterocycles. The summed E-state index contributed by atoms with van der Waals surface area (Å²) in [6.07, 6.45) is -0.0646. The molecule has 1 aromatic carbocycles. The van der Waals surface area contributed by atoms with E-state index in [9.17, 15) is 14.4 Å². The molecule has 0 saturated heterocycles. The van der Waals surface area contributed by atoms with Gasteiger partial charge in [-0.25, -0.2) is 4.79 Å². The second-order valence-corrected chi connectivity index (χ2v) is 5.64. The Morgan fingerprint density at radius 2 is 2.14 bits per heavy atom. The van der Waals surface area contributed by atoms with Crippen molar-refractivity contribution in [1.82, 2.24) is 0 Å². The topological polar surface area (TPSA) is 111 Å². The number of para-hydroxylation sites is 1. The molecule has 2 amide bonds. The number of nitrogens with zero attached hydrogens (tertiary/aromatic N) is 1.